The molecule has 0 saturated heterocycles. The molecule has 0 bridgehead atoms. The summed E-state index contributed by atoms with van der Waals surface area (Å²) in [5.41, 5.74) is 0. The lowest BCUT2D eigenvalue weighted by atomic mass is 10.1. The van der Waals surface area contributed by atoms with Crippen molar-refractivity contribution in [3.8, 4) is 0 Å². The normalized spacial score (nSPS) is 18.7. The number of rotatable bonds is 8. The van der Waals surface area contributed by atoms with E-state index in [1.165, 1.54) is 12.8 Å². The maximum atomic E-state index is 12.5. The van der Waals surface area contributed by atoms with Crippen LogP contribution in [0, 0.1) is 0 Å². The predicted octanol–water partition coefficient (Wildman–Crippen LogP) is 2.79. The van der Waals surface area contributed by atoms with E-state index in [4.69, 9.17) is 0 Å². The molecular formula is C12H23F3N2. The van der Waals surface area contributed by atoms with Crippen molar-refractivity contribution in [3.63, 3.8) is 0 Å². The minimum atomic E-state index is -4.10. The Hall–Kier alpha value is -0.290. The lowest BCUT2D eigenvalue weighted by Gasteiger charge is -2.31. The van der Waals surface area contributed by atoms with Crippen LogP contribution in [0.25, 0.3) is 0 Å². The first kappa shape index (κ1) is 14.8. The van der Waals surface area contributed by atoms with Crippen LogP contribution in [0.2, 0.25) is 0 Å². The Balaban J connectivity index is 2.44. The minimum Gasteiger partial charge on any atom is -0.312 e. The third kappa shape index (κ3) is 6.27. The van der Waals surface area contributed by atoms with Crippen LogP contribution >= 0.6 is 0 Å². The summed E-state index contributed by atoms with van der Waals surface area (Å²) in [6.07, 6.45) is -0.235. The molecule has 1 N–H and O–H groups in total. The SMILES string of the molecule is CCCN(CC(F)(F)F)C(CC)CNC1CC1. The monoisotopic (exact) mass is 252 g/mol. The van der Waals surface area contributed by atoms with Gasteiger partial charge in [0.1, 0.15) is 0 Å². The first-order valence-electron chi connectivity index (χ1n) is 6.50. The molecule has 0 amide bonds. The minimum absolute atomic E-state index is 0.00262. The number of hydrogen-bond acceptors (Lipinski definition) is 2. The van der Waals surface area contributed by atoms with Crippen molar-refractivity contribution in [2.24, 2.45) is 0 Å². The highest BCUT2D eigenvalue weighted by atomic mass is 19.4. The zero-order valence-electron chi connectivity index (χ0n) is 10.7. The molecule has 1 aliphatic rings. The molecule has 1 rings (SSSR count). The van der Waals surface area contributed by atoms with E-state index in [1.54, 1.807) is 4.90 Å². The van der Waals surface area contributed by atoms with Crippen molar-refractivity contribution in [1.29, 1.82) is 0 Å². The number of alkyl halides is 3. The molecule has 0 spiro atoms. The maximum absolute atomic E-state index is 12.5. The molecule has 0 radical (unpaired) electrons. The fraction of sp³-hybridized carbons (Fsp3) is 1.00. The number of nitrogens with zero attached hydrogens (tertiary/aromatic N) is 1. The summed E-state index contributed by atoms with van der Waals surface area (Å²) in [6, 6.07) is 0.551. The summed E-state index contributed by atoms with van der Waals surface area (Å²) in [5, 5.41) is 3.32. The molecule has 0 aromatic heterocycles. The van der Waals surface area contributed by atoms with Gasteiger partial charge in [-0.1, -0.05) is 13.8 Å². The van der Waals surface area contributed by atoms with Crippen LogP contribution in [0.15, 0.2) is 0 Å². The number of hydrogen-bond donors (Lipinski definition) is 1. The van der Waals surface area contributed by atoms with Crippen molar-refractivity contribution in [1.82, 2.24) is 10.2 Å². The van der Waals surface area contributed by atoms with Gasteiger partial charge in [0.2, 0.25) is 0 Å². The van der Waals surface area contributed by atoms with Crippen molar-refractivity contribution in [2.45, 2.75) is 57.8 Å². The molecule has 1 saturated carbocycles. The number of halogens is 3. The second-order valence-corrected chi connectivity index (χ2v) is 4.83. The van der Waals surface area contributed by atoms with E-state index >= 15 is 0 Å². The van der Waals surface area contributed by atoms with Gasteiger partial charge in [0.15, 0.2) is 0 Å². The van der Waals surface area contributed by atoms with Gasteiger partial charge in [-0.3, -0.25) is 4.90 Å². The zero-order valence-corrected chi connectivity index (χ0v) is 10.7. The van der Waals surface area contributed by atoms with Gasteiger partial charge >= 0.3 is 6.18 Å². The smallest absolute Gasteiger partial charge is 0.312 e. The Bertz CT molecular complexity index is 214. The molecule has 17 heavy (non-hydrogen) atoms. The van der Waals surface area contributed by atoms with Crippen LogP contribution in [0.5, 0.6) is 0 Å². The van der Waals surface area contributed by atoms with E-state index in [9.17, 15) is 13.2 Å². The van der Waals surface area contributed by atoms with Crippen molar-refractivity contribution in [2.75, 3.05) is 19.6 Å². The zero-order chi connectivity index (χ0) is 12.9. The Labute approximate surface area is 102 Å². The van der Waals surface area contributed by atoms with Crippen LogP contribution in [0.4, 0.5) is 13.2 Å². The predicted molar refractivity (Wildman–Crippen MR) is 63.0 cm³/mol. The van der Waals surface area contributed by atoms with Crippen LogP contribution in [-0.4, -0.2) is 42.8 Å². The van der Waals surface area contributed by atoms with Gasteiger partial charge < -0.3 is 5.32 Å². The van der Waals surface area contributed by atoms with Crippen molar-refractivity contribution in [3.05, 3.63) is 0 Å². The quantitative estimate of drug-likeness (QED) is 0.714. The summed E-state index contributed by atoms with van der Waals surface area (Å²) in [4.78, 5) is 1.56. The van der Waals surface area contributed by atoms with E-state index in [-0.39, 0.29) is 6.04 Å². The fourth-order valence-electron chi connectivity index (χ4n) is 2.03. The molecule has 1 unspecified atom stereocenters. The van der Waals surface area contributed by atoms with E-state index in [0.29, 0.717) is 19.1 Å². The molecule has 1 fully saturated rings. The third-order valence-electron chi connectivity index (χ3n) is 3.10. The highest BCUT2D eigenvalue weighted by molar-refractivity contribution is 4.84. The van der Waals surface area contributed by atoms with Crippen LogP contribution in [-0.2, 0) is 0 Å². The molecule has 0 aromatic carbocycles. The van der Waals surface area contributed by atoms with Crippen LogP contribution in [0.3, 0.4) is 0 Å². The fourth-order valence-corrected chi connectivity index (χ4v) is 2.03. The van der Waals surface area contributed by atoms with Gasteiger partial charge in [0, 0.05) is 18.6 Å². The Morgan fingerprint density at radius 3 is 2.35 bits per heavy atom. The molecule has 5 heteroatoms. The van der Waals surface area contributed by atoms with E-state index in [2.05, 4.69) is 5.32 Å². The van der Waals surface area contributed by atoms with Gasteiger partial charge in [-0.25, -0.2) is 0 Å². The third-order valence-corrected chi connectivity index (χ3v) is 3.10. The molecule has 2 nitrogen and oxygen atoms in total. The molecular weight excluding hydrogens is 229 g/mol. The molecule has 102 valence electrons. The van der Waals surface area contributed by atoms with Crippen LogP contribution < -0.4 is 5.32 Å². The first-order valence-corrected chi connectivity index (χ1v) is 6.50. The summed E-state index contributed by atoms with van der Waals surface area (Å²) >= 11 is 0. The standard InChI is InChI=1S/C12H23F3N2/c1-3-7-17(9-12(13,14)15)11(4-2)8-16-10-5-6-10/h10-11,16H,3-9H2,1-2H3. The van der Waals surface area contributed by atoms with Gasteiger partial charge in [0.25, 0.3) is 0 Å². The highest BCUT2D eigenvalue weighted by Gasteiger charge is 2.33. The summed E-state index contributed by atoms with van der Waals surface area (Å²) < 4.78 is 37.4. The second kappa shape index (κ2) is 6.59. The van der Waals surface area contributed by atoms with E-state index in [0.717, 1.165) is 12.8 Å². The number of nitrogens with one attached hydrogen (secondary N) is 1. The maximum Gasteiger partial charge on any atom is 0.401 e. The molecule has 0 heterocycles. The van der Waals surface area contributed by atoms with Gasteiger partial charge in [-0.2, -0.15) is 13.2 Å². The lowest BCUT2D eigenvalue weighted by molar-refractivity contribution is -0.150. The van der Waals surface area contributed by atoms with Gasteiger partial charge in [-0.15, -0.1) is 0 Å². The van der Waals surface area contributed by atoms with Gasteiger partial charge in [0.05, 0.1) is 6.54 Å². The second-order valence-electron chi connectivity index (χ2n) is 4.83. The average molecular weight is 252 g/mol. The van der Waals surface area contributed by atoms with E-state index in [1.807, 2.05) is 13.8 Å². The largest absolute Gasteiger partial charge is 0.401 e. The summed E-state index contributed by atoms with van der Waals surface area (Å²) in [5.74, 6) is 0. The Morgan fingerprint density at radius 1 is 1.29 bits per heavy atom. The first-order chi connectivity index (χ1) is 7.96. The molecule has 0 aromatic rings. The van der Waals surface area contributed by atoms with Crippen molar-refractivity contribution < 1.29 is 13.2 Å². The van der Waals surface area contributed by atoms with Crippen molar-refractivity contribution >= 4 is 0 Å². The highest BCUT2D eigenvalue weighted by Crippen LogP contribution is 2.21. The van der Waals surface area contributed by atoms with E-state index < -0.39 is 12.7 Å². The average Bonchev–Trinajstić information content (AvgIpc) is 3.00. The molecule has 0 aliphatic heterocycles. The van der Waals surface area contributed by atoms with Gasteiger partial charge in [-0.05, 0) is 32.2 Å². The lowest BCUT2D eigenvalue weighted by Crippen LogP contribution is -2.47. The molecule has 1 atom stereocenters. The topological polar surface area (TPSA) is 15.3 Å². The summed E-state index contributed by atoms with van der Waals surface area (Å²) in [6.45, 7) is 4.29. The summed E-state index contributed by atoms with van der Waals surface area (Å²) in [7, 11) is 0. The Morgan fingerprint density at radius 2 is 1.94 bits per heavy atom. The Kier molecular flexibility index (Phi) is 5.73. The molecule has 1 aliphatic carbocycles. The van der Waals surface area contributed by atoms with Crippen LogP contribution in [0.1, 0.15) is 39.5 Å².